The van der Waals surface area contributed by atoms with Crippen molar-refractivity contribution >= 4 is 50.6 Å². The standard InChI is InChI=1S/C24H18ClFN4O2S/c1-15(31)27-9-3-6-19-12-21-23(33-19)24(29-14-28-21)30-18-7-8-22(20(25)11-18)32-13-16-4-2-5-17(26)10-16/h2,4-5,7-8,10-12,14H,9,13H2,1H3,(H,27,31)(H,28,29,30). The summed E-state index contributed by atoms with van der Waals surface area (Å²) in [7, 11) is 0. The van der Waals surface area contributed by atoms with E-state index in [1.165, 1.54) is 36.7 Å². The van der Waals surface area contributed by atoms with Gasteiger partial charge in [-0.15, -0.1) is 11.3 Å². The number of halogens is 2. The summed E-state index contributed by atoms with van der Waals surface area (Å²) in [5.74, 6) is 6.62. The van der Waals surface area contributed by atoms with Crippen LogP contribution in [0.2, 0.25) is 5.02 Å². The van der Waals surface area contributed by atoms with E-state index in [-0.39, 0.29) is 24.9 Å². The van der Waals surface area contributed by atoms with Crippen LogP contribution >= 0.6 is 22.9 Å². The molecule has 4 aromatic rings. The molecule has 0 saturated heterocycles. The van der Waals surface area contributed by atoms with Crippen molar-refractivity contribution in [2.24, 2.45) is 0 Å². The Hall–Kier alpha value is -3.67. The van der Waals surface area contributed by atoms with Crippen LogP contribution in [0.4, 0.5) is 15.9 Å². The maximum atomic E-state index is 13.3. The van der Waals surface area contributed by atoms with E-state index in [1.807, 2.05) is 12.1 Å². The number of nitrogens with zero attached hydrogens (tertiary/aromatic N) is 2. The van der Waals surface area contributed by atoms with E-state index >= 15 is 0 Å². The summed E-state index contributed by atoms with van der Waals surface area (Å²) >= 11 is 7.85. The maximum absolute atomic E-state index is 13.3. The molecule has 2 heterocycles. The Bertz CT molecular complexity index is 1380. The fourth-order valence-corrected chi connectivity index (χ4v) is 4.09. The smallest absolute Gasteiger partial charge is 0.217 e. The first-order valence-corrected chi connectivity index (χ1v) is 11.1. The third-order valence-electron chi connectivity index (χ3n) is 4.43. The minimum Gasteiger partial charge on any atom is -0.487 e. The van der Waals surface area contributed by atoms with E-state index in [2.05, 4.69) is 32.4 Å². The van der Waals surface area contributed by atoms with Crippen molar-refractivity contribution in [3.8, 4) is 17.6 Å². The van der Waals surface area contributed by atoms with E-state index < -0.39 is 0 Å². The lowest BCUT2D eigenvalue weighted by Crippen LogP contribution is -2.19. The number of hydrogen-bond acceptors (Lipinski definition) is 6. The highest BCUT2D eigenvalue weighted by Gasteiger charge is 2.10. The van der Waals surface area contributed by atoms with Crippen molar-refractivity contribution in [3.63, 3.8) is 0 Å². The van der Waals surface area contributed by atoms with Crippen LogP contribution in [-0.2, 0) is 11.4 Å². The Kier molecular flexibility index (Phi) is 7.03. The summed E-state index contributed by atoms with van der Waals surface area (Å²) in [6.45, 7) is 1.94. The van der Waals surface area contributed by atoms with Crippen LogP contribution in [0.5, 0.6) is 5.75 Å². The van der Waals surface area contributed by atoms with Crippen molar-refractivity contribution in [3.05, 3.63) is 76.1 Å². The summed E-state index contributed by atoms with van der Waals surface area (Å²) in [5.41, 5.74) is 2.21. The van der Waals surface area contributed by atoms with Crippen LogP contribution in [-0.4, -0.2) is 22.4 Å². The molecule has 33 heavy (non-hydrogen) atoms. The third-order valence-corrected chi connectivity index (χ3v) is 5.77. The first-order valence-electron chi connectivity index (χ1n) is 9.89. The highest BCUT2D eigenvalue weighted by molar-refractivity contribution is 7.20. The van der Waals surface area contributed by atoms with Gasteiger partial charge in [-0.1, -0.05) is 35.6 Å². The summed E-state index contributed by atoms with van der Waals surface area (Å²) in [5, 5.41) is 6.31. The molecule has 0 aliphatic carbocycles. The number of fused-ring (bicyclic) bond motifs is 1. The van der Waals surface area contributed by atoms with E-state index in [0.717, 1.165) is 20.8 Å². The first-order chi connectivity index (χ1) is 16.0. The molecule has 2 aromatic heterocycles. The second-order valence-corrected chi connectivity index (χ2v) is 8.41. The lowest BCUT2D eigenvalue weighted by Gasteiger charge is -2.11. The predicted octanol–water partition coefficient (Wildman–Crippen LogP) is 5.29. The van der Waals surface area contributed by atoms with Crippen LogP contribution in [0.15, 0.2) is 54.9 Å². The fourth-order valence-electron chi connectivity index (χ4n) is 2.93. The largest absolute Gasteiger partial charge is 0.487 e. The number of ether oxygens (including phenoxy) is 1. The van der Waals surface area contributed by atoms with Crippen molar-refractivity contribution in [1.82, 2.24) is 15.3 Å². The first kappa shape index (κ1) is 22.5. The number of rotatable bonds is 6. The average molecular weight is 481 g/mol. The zero-order valence-corrected chi connectivity index (χ0v) is 19.1. The van der Waals surface area contributed by atoms with Gasteiger partial charge in [-0.3, -0.25) is 4.79 Å². The molecule has 0 bridgehead atoms. The Morgan fingerprint density at radius 2 is 2.09 bits per heavy atom. The fraction of sp³-hybridized carbons (Fsp3) is 0.125. The molecule has 0 saturated carbocycles. The minimum atomic E-state index is -0.312. The minimum absolute atomic E-state index is 0.123. The van der Waals surface area contributed by atoms with Crippen LogP contribution in [0.25, 0.3) is 10.2 Å². The Morgan fingerprint density at radius 1 is 1.21 bits per heavy atom. The molecule has 2 aromatic carbocycles. The van der Waals surface area contributed by atoms with Crippen molar-refractivity contribution < 1.29 is 13.9 Å². The maximum Gasteiger partial charge on any atom is 0.217 e. The molecule has 1 amide bonds. The summed E-state index contributed by atoms with van der Waals surface area (Å²) in [6.07, 6.45) is 1.48. The number of carbonyl (C=O) groups is 1. The predicted molar refractivity (Wildman–Crippen MR) is 128 cm³/mol. The molecular formula is C24H18ClFN4O2S. The van der Waals surface area contributed by atoms with E-state index in [0.29, 0.717) is 22.2 Å². The molecule has 0 unspecified atom stereocenters. The number of carbonyl (C=O) groups excluding carboxylic acids is 1. The second-order valence-electron chi connectivity index (χ2n) is 6.95. The van der Waals surface area contributed by atoms with Gasteiger partial charge in [0.25, 0.3) is 0 Å². The molecule has 6 nitrogen and oxygen atoms in total. The van der Waals surface area contributed by atoms with E-state index in [4.69, 9.17) is 16.3 Å². The topological polar surface area (TPSA) is 76.1 Å². The Balaban J connectivity index is 1.47. The molecule has 0 radical (unpaired) electrons. The van der Waals surface area contributed by atoms with Crippen molar-refractivity contribution in [2.45, 2.75) is 13.5 Å². The number of benzene rings is 2. The zero-order chi connectivity index (χ0) is 23.2. The molecule has 0 aliphatic heterocycles. The molecule has 2 N–H and O–H groups in total. The lowest BCUT2D eigenvalue weighted by atomic mass is 10.2. The SMILES string of the molecule is CC(=O)NCC#Cc1cc2ncnc(Nc3ccc(OCc4cccc(F)c4)c(Cl)c3)c2s1. The van der Waals surface area contributed by atoms with Gasteiger partial charge in [0, 0.05) is 12.6 Å². The summed E-state index contributed by atoms with van der Waals surface area (Å²) in [6, 6.07) is 13.4. The van der Waals surface area contributed by atoms with E-state index in [1.54, 1.807) is 24.3 Å². The highest BCUT2D eigenvalue weighted by Crippen LogP contribution is 2.33. The van der Waals surface area contributed by atoms with Gasteiger partial charge in [-0.2, -0.15) is 0 Å². The summed E-state index contributed by atoms with van der Waals surface area (Å²) < 4.78 is 19.9. The number of hydrogen-bond donors (Lipinski definition) is 2. The molecule has 0 fully saturated rings. The highest BCUT2D eigenvalue weighted by atomic mass is 35.5. The van der Waals surface area contributed by atoms with Gasteiger partial charge in [0.05, 0.1) is 26.7 Å². The number of amides is 1. The Labute approximate surface area is 198 Å². The zero-order valence-electron chi connectivity index (χ0n) is 17.5. The number of aromatic nitrogens is 2. The van der Waals surface area contributed by atoms with Crippen LogP contribution in [0.3, 0.4) is 0 Å². The number of thiophene rings is 1. The number of nitrogens with one attached hydrogen (secondary N) is 2. The van der Waals surface area contributed by atoms with Crippen molar-refractivity contribution in [2.75, 3.05) is 11.9 Å². The lowest BCUT2D eigenvalue weighted by molar-refractivity contribution is -0.118. The Morgan fingerprint density at radius 3 is 2.88 bits per heavy atom. The van der Waals surface area contributed by atoms with Gasteiger partial charge < -0.3 is 15.4 Å². The molecule has 0 spiro atoms. The van der Waals surface area contributed by atoms with Gasteiger partial charge in [0.15, 0.2) is 5.82 Å². The van der Waals surface area contributed by atoms with Gasteiger partial charge in [-0.25, -0.2) is 14.4 Å². The van der Waals surface area contributed by atoms with Crippen LogP contribution in [0, 0.1) is 17.7 Å². The molecular weight excluding hydrogens is 463 g/mol. The van der Waals surface area contributed by atoms with E-state index in [9.17, 15) is 9.18 Å². The summed E-state index contributed by atoms with van der Waals surface area (Å²) in [4.78, 5) is 20.4. The molecule has 166 valence electrons. The normalized spacial score (nSPS) is 10.4. The molecule has 0 aliphatic rings. The average Bonchev–Trinajstić information content (AvgIpc) is 3.20. The van der Waals surface area contributed by atoms with Gasteiger partial charge in [-0.05, 0) is 42.0 Å². The molecule has 9 heteroatoms. The second kappa shape index (κ2) is 10.3. The van der Waals surface area contributed by atoms with Gasteiger partial charge in [0.1, 0.15) is 24.5 Å². The van der Waals surface area contributed by atoms with Crippen molar-refractivity contribution in [1.29, 1.82) is 0 Å². The van der Waals surface area contributed by atoms with Gasteiger partial charge in [0.2, 0.25) is 5.91 Å². The molecule has 4 rings (SSSR count). The third kappa shape index (κ3) is 5.98. The van der Waals surface area contributed by atoms with Crippen LogP contribution in [0.1, 0.15) is 17.4 Å². The quantitative estimate of drug-likeness (QED) is 0.366. The van der Waals surface area contributed by atoms with Gasteiger partial charge >= 0.3 is 0 Å². The number of anilines is 2. The molecule has 0 atom stereocenters. The monoisotopic (exact) mass is 480 g/mol. The van der Waals surface area contributed by atoms with Crippen LogP contribution < -0.4 is 15.4 Å².